The Morgan fingerprint density at radius 1 is 1.25 bits per heavy atom. The second kappa shape index (κ2) is 7.01. The minimum atomic E-state index is -0.538. The SMILES string of the molecule is O=C(NCc1ccccc1)[C@@H]1CC(=O)N(c2ccc(F)c(Cl)c2)C1. The largest absolute Gasteiger partial charge is 0.352 e. The molecule has 0 saturated carbocycles. The van der Waals surface area contributed by atoms with E-state index in [1.54, 1.807) is 0 Å². The maximum Gasteiger partial charge on any atom is 0.227 e. The molecule has 4 nitrogen and oxygen atoms in total. The fourth-order valence-electron chi connectivity index (χ4n) is 2.72. The molecule has 0 unspecified atom stereocenters. The second-order valence-corrected chi connectivity index (χ2v) is 6.11. The van der Waals surface area contributed by atoms with Crippen molar-refractivity contribution in [2.24, 2.45) is 5.92 Å². The van der Waals surface area contributed by atoms with Crippen molar-refractivity contribution < 1.29 is 14.0 Å². The monoisotopic (exact) mass is 346 g/mol. The van der Waals surface area contributed by atoms with E-state index in [9.17, 15) is 14.0 Å². The molecule has 0 bridgehead atoms. The van der Waals surface area contributed by atoms with Crippen molar-refractivity contribution in [1.29, 1.82) is 0 Å². The molecule has 1 atom stereocenters. The van der Waals surface area contributed by atoms with Crippen molar-refractivity contribution in [2.75, 3.05) is 11.4 Å². The van der Waals surface area contributed by atoms with E-state index in [0.29, 0.717) is 12.2 Å². The van der Waals surface area contributed by atoms with Gasteiger partial charge in [-0.1, -0.05) is 41.9 Å². The average molecular weight is 347 g/mol. The van der Waals surface area contributed by atoms with Crippen LogP contribution in [0.5, 0.6) is 0 Å². The molecule has 0 aromatic heterocycles. The van der Waals surface area contributed by atoms with Crippen molar-refractivity contribution in [3.63, 3.8) is 0 Å². The first-order valence-corrected chi connectivity index (χ1v) is 7.99. The van der Waals surface area contributed by atoms with E-state index in [1.807, 2.05) is 30.3 Å². The van der Waals surface area contributed by atoms with Crippen molar-refractivity contribution in [1.82, 2.24) is 5.32 Å². The number of nitrogens with one attached hydrogen (secondary N) is 1. The first-order valence-electron chi connectivity index (χ1n) is 7.61. The highest BCUT2D eigenvalue weighted by molar-refractivity contribution is 6.31. The summed E-state index contributed by atoms with van der Waals surface area (Å²) < 4.78 is 13.2. The molecule has 0 radical (unpaired) electrons. The van der Waals surface area contributed by atoms with Crippen molar-refractivity contribution in [3.05, 3.63) is 64.9 Å². The zero-order valence-electron chi connectivity index (χ0n) is 12.8. The summed E-state index contributed by atoms with van der Waals surface area (Å²) in [4.78, 5) is 25.9. The number of rotatable bonds is 4. The first kappa shape index (κ1) is 16.5. The molecule has 3 rings (SSSR count). The van der Waals surface area contributed by atoms with Gasteiger partial charge in [0.1, 0.15) is 5.82 Å². The Kier molecular flexibility index (Phi) is 4.81. The van der Waals surface area contributed by atoms with Gasteiger partial charge in [-0.3, -0.25) is 9.59 Å². The zero-order valence-corrected chi connectivity index (χ0v) is 13.6. The molecule has 1 aliphatic rings. The van der Waals surface area contributed by atoms with Crippen LogP contribution in [0.4, 0.5) is 10.1 Å². The van der Waals surface area contributed by atoms with E-state index in [4.69, 9.17) is 11.6 Å². The summed E-state index contributed by atoms with van der Waals surface area (Å²) in [6, 6.07) is 13.7. The van der Waals surface area contributed by atoms with Gasteiger partial charge in [0, 0.05) is 25.2 Å². The number of hydrogen-bond donors (Lipinski definition) is 1. The van der Waals surface area contributed by atoms with Crippen LogP contribution < -0.4 is 10.2 Å². The van der Waals surface area contributed by atoms with E-state index >= 15 is 0 Å². The average Bonchev–Trinajstić information content (AvgIpc) is 2.98. The molecular formula is C18H16ClFN2O2. The second-order valence-electron chi connectivity index (χ2n) is 5.71. The predicted octanol–water partition coefficient (Wildman–Crippen LogP) is 3.15. The maximum atomic E-state index is 13.2. The Hall–Kier alpha value is -2.40. The molecule has 1 heterocycles. The Morgan fingerprint density at radius 3 is 2.71 bits per heavy atom. The summed E-state index contributed by atoms with van der Waals surface area (Å²) in [7, 11) is 0. The molecular weight excluding hydrogens is 331 g/mol. The lowest BCUT2D eigenvalue weighted by molar-refractivity contribution is -0.126. The molecule has 24 heavy (non-hydrogen) atoms. The van der Waals surface area contributed by atoms with Gasteiger partial charge in [-0.2, -0.15) is 0 Å². The molecule has 2 amide bonds. The summed E-state index contributed by atoms with van der Waals surface area (Å²) in [5.74, 6) is -1.30. The van der Waals surface area contributed by atoms with Crippen molar-refractivity contribution in [3.8, 4) is 0 Å². The quantitative estimate of drug-likeness (QED) is 0.924. The molecule has 2 aromatic rings. The molecule has 2 aromatic carbocycles. The number of halogens is 2. The summed E-state index contributed by atoms with van der Waals surface area (Å²) in [5, 5.41) is 2.81. The Morgan fingerprint density at radius 2 is 2.00 bits per heavy atom. The van der Waals surface area contributed by atoms with Gasteiger partial charge >= 0.3 is 0 Å². The lowest BCUT2D eigenvalue weighted by Crippen LogP contribution is -2.32. The fraction of sp³-hybridized carbons (Fsp3) is 0.222. The van der Waals surface area contributed by atoms with Gasteiger partial charge in [-0.05, 0) is 23.8 Å². The van der Waals surface area contributed by atoms with E-state index < -0.39 is 11.7 Å². The number of hydrogen-bond acceptors (Lipinski definition) is 2. The third kappa shape index (κ3) is 3.57. The van der Waals surface area contributed by atoms with Gasteiger partial charge in [-0.15, -0.1) is 0 Å². The van der Waals surface area contributed by atoms with Crippen LogP contribution in [0.2, 0.25) is 5.02 Å². The zero-order chi connectivity index (χ0) is 17.1. The minimum Gasteiger partial charge on any atom is -0.352 e. The number of anilines is 1. The number of carbonyl (C=O) groups excluding carboxylic acids is 2. The predicted molar refractivity (Wildman–Crippen MR) is 90.2 cm³/mol. The highest BCUT2D eigenvalue weighted by Gasteiger charge is 2.35. The van der Waals surface area contributed by atoms with Gasteiger partial charge in [0.2, 0.25) is 11.8 Å². The lowest BCUT2D eigenvalue weighted by Gasteiger charge is -2.17. The molecule has 1 aliphatic heterocycles. The van der Waals surface area contributed by atoms with Crippen molar-refractivity contribution >= 4 is 29.1 Å². The molecule has 6 heteroatoms. The first-order chi connectivity index (χ1) is 11.5. The van der Waals surface area contributed by atoms with Gasteiger partial charge in [-0.25, -0.2) is 4.39 Å². The Balaban J connectivity index is 1.63. The molecule has 124 valence electrons. The van der Waals surface area contributed by atoms with E-state index in [-0.39, 0.29) is 29.8 Å². The summed E-state index contributed by atoms with van der Waals surface area (Å²) >= 11 is 5.76. The summed E-state index contributed by atoms with van der Waals surface area (Å²) in [5.41, 5.74) is 1.50. The smallest absolute Gasteiger partial charge is 0.227 e. The van der Waals surface area contributed by atoms with E-state index in [2.05, 4.69) is 5.32 Å². The number of carbonyl (C=O) groups is 2. The summed E-state index contributed by atoms with van der Waals surface area (Å²) in [6.45, 7) is 0.689. The van der Waals surface area contributed by atoms with Gasteiger partial charge in [0.05, 0.1) is 10.9 Å². The molecule has 0 spiro atoms. The third-order valence-electron chi connectivity index (χ3n) is 4.02. The summed E-state index contributed by atoms with van der Waals surface area (Å²) in [6.07, 6.45) is 0.135. The van der Waals surface area contributed by atoms with Crippen LogP contribution in [0.25, 0.3) is 0 Å². The van der Waals surface area contributed by atoms with Gasteiger partial charge in [0.25, 0.3) is 0 Å². The Labute approximate surface area is 144 Å². The van der Waals surface area contributed by atoms with Crippen molar-refractivity contribution in [2.45, 2.75) is 13.0 Å². The van der Waals surface area contributed by atoms with Crippen LogP contribution >= 0.6 is 11.6 Å². The minimum absolute atomic E-state index is 0.0442. The van der Waals surface area contributed by atoms with Crippen LogP contribution in [0.15, 0.2) is 48.5 Å². The normalized spacial score (nSPS) is 17.2. The Bertz CT molecular complexity index is 767. The third-order valence-corrected chi connectivity index (χ3v) is 4.31. The standard InChI is InChI=1S/C18H16ClFN2O2/c19-15-9-14(6-7-16(15)20)22-11-13(8-17(22)23)18(24)21-10-12-4-2-1-3-5-12/h1-7,9,13H,8,10-11H2,(H,21,24)/t13-/m1/s1. The van der Waals surface area contributed by atoms with Gasteiger partial charge < -0.3 is 10.2 Å². The van der Waals surface area contributed by atoms with Crippen LogP contribution in [-0.4, -0.2) is 18.4 Å². The molecule has 1 fully saturated rings. The lowest BCUT2D eigenvalue weighted by atomic mass is 10.1. The van der Waals surface area contributed by atoms with Crippen LogP contribution in [0.1, 0.15) is 12.0 Å². The fourth-order valence-corrected chi connectivity index (χ4v) is 2.89. The highest BCUT2D eigenvalue weighted by Crippen LogP contribution is 2.28. The molecule has 1 N–H and O–H groups in total. The topological polar surface area (TPSA) is 49.4 Å². The van der Waals surface area contributed by atoms with Crippen LogP contribution in [0, 0.1) is 11.7 Å². The van der Waals surface area contributed by atoms with E-state index in [0.717, 1.165) is 5.56 Å². The van der Waals surface area contributed by atoms with Crippen LogP contribution in [0.3, 0.4) is 0 Å². The molecule has 0 aliphatic carbocycles. The van der Waals surface area contributed by atoms with Gasteiger partial charge in [0.15, 0.2) is 0 Å². The van der Waals surface area contributed by atoms with Crippen LogP contribution in [-0.2, 0) is 16.1 Å². The highest BCUT2D eigenvalue weighted by atomic mass is 35.5. The number of nitrogens with zero attached hydrogens (tertiary/aromatic N) is 1. The number of benzene rings is 2. The molecule has 1 saturated heterocycles. The maximum absolute atomic E-state index is 13.2. The van der Waals surface area contributed by atoms with E-state index in [1.165, 1.54) is 23.1 Å². The number of amides is 2.